The number of rotatable bonds is 11. The molecule has 12 heteroatoms. The third-order valence-corrected chi connectivity index (χ3v) is 2.76. The fourth-order valence-electron chi connectivity index (χ4n) is 1.34. The molecule has 1 aliphatic rings. The molecule has 0 radical (unpaired) electrons. The predicted molar refractivity (Wildman–Crippen MR) is 58.2 cm³/mol. The highest BCUT2D eigenvalue weighted by Gasteiger charge is 2.75. The molecule has 1 rings (SSSR count). The van der Waals surface area contributed by atoms with Crippen LogP contribution in [0.25, 0.3) is 0 Å². The second kappa shape index (κ2) is 7.45. The first-order valence-corrected chi connectivity index (χ1v) is 6.28. The first-order valence-electron chi connectivity index (χ1n) is 6.28. The largest absolute Gasteiger partial charge is 0.388 e. The van der Waals surface area contributed by atoms with Crippen LogP contribution in [0.2, 0.25) is 0 Å². The quantitative estimate of drug-likeness (QED) is 0.451. The van der Waals surface area contributed by atoms with Crippen LogP contribution >= 0.6 is 0 Å². The summed E-state index contributed by atoms with van der Waals surface area (Å²) in [5, 5.41) is 9.24. The van der Waals surface area contributed by atoms with Gasteiger partial charge in [-0.25, -0.2) is 8.78 Å². The minimum Gasteiger partial charge on any atom is -0.388 e. The fourth-order valence-corrected chi connectivity index (χ4v) is 1.34. The van der Waals surface area contributed by atoms with Crippen molar-refractivity contribution in [2.75, 3.05) is 33.0 Å². The van der Waals surface area contributed by atoms with Gasteiger partial charge in [0, 0.05) is 0 Å². The Bertz CT molecular complexity index is 375. The topological polar surface area (TPSA) is 51.2 Å². The van der Waals surface area contributed by atoms with Crippen LogP contribution < -0.4 is 0 Å². The molecular weight excluding hydrogens is 348 g/mol. The Kier molecular flexibility index (Phi) is 6.58. The maximum atomic E-state index is 13.1. The van der Waals surface area contributed by atoms with Crippen molar-refractivity contribution in [3.8, 4) is 0 Å². The molecule has 138 valence electrons. The Balaban J connectivity index is 2.40. The molecule has 0 amide bonds. The number of halogens is 8. The molecule has 2 atom stereocenters. The minimum atomic E-state index is -6.32. The van der Waals surface area contributed by atoms with Crippen LogP contribution in [0.3, 0.4) is 0 Å². The van der Waals surface area contributed by atoms with Gasteiger partial charge >= 0.3 is 24.2 Å². The molecule has 0 aliphatic carbocycles. The first-order chi connectivity index (χ1) is 10.4. The van der Waals surface area contributed by atoms with Crippen molar-refractivity contribution in [2.24, 2.45) is 0 Å². The van der Waals surface area contributed by atoms with Gasteiger partial charge in [0.2, 0.25) is 0 Å². The highest BCUT2D eigenvalue weighted by atomic mass is 19.4. The number of epoxide rings is 1. The van der Waals surface area contributed by atoms with Crippen molar-refractivity contribution in [2.45, 2.75) is 36.4 Å². The van der Waals surface area contributed by atoms with E-state index >= 15 is 0 Å². The zero-order valence-electron chi connectivity index (χ0n) is 11.5. The van der Waals surface area contributed by atoms with Gasteiger partial charge < -0.3 is 19.3 Å². The average molecular weight is 362 g/mol. The van der Waals surface area contributed by atoms with E-state index in [0.29, 0.717) is 6.61 Å². The summed E-state index contributed by atoms with van der Waals surface area (Å²) in [6, 6.07) is 0. The lowest BCUT2D eigenvalue weighted by molar-refractivity contribution is -0.346. The minimum absolute atomic E-state index is 0.117. The lowest BCUT2D eigenvalue weighted by Gasteiger charge is -2.32. The van der Waals surface area contributed by atoms with Crippen LogP contribution in [0.5, 0.6) is 0 Å². The van der Waals surface area contributed by atoms with Crippen molar-refractivity contribution < 1.29 is 54.4 Å². The van der Waals surface area contributed by atoms with E-state index in [4.69, 9.17) is 9.47 Å². The third-order valence-electron chi connectivity index (χ3n) is 2.76. The summed E-state index contributed by atoms with van der Waals surface area (Å²) in [5.74, 6) is -18.1. The monoisotopic (exact) mass is 362 g/mol. The molecule has 0 aromatic carbocycles. The van der Waals surface area contributed by atoms with E-state index in [2.05, 4.69) is 4.74 Å². The SMILES string of the molecule is OC(COCC1CO1)COCC(F)(F)C(F)(F)C(F)(F)C(F)F. The van der Waals surface area contributed by atoms with Crippen molar-refractivity contribution in [3.63, 3.8) is 0 Å². The van der Waals surface area contributed by atoms with E-state index in [1.165, 1.54) is 0 Å². The van der Waals surface area contributed by atoms with Gasteiger partial charge in [0.1, 0.15) is 18.8 Å². The normalized spacial score (nSPS) is 20.9. The fraction of sp³-hybridized carbons (Fsp3) is 1.00. The summed E-state index contributed by atoms with van der Waals surface area (Å²) in [5.41, 5.74) is 0. The van der Waals surface area contributed by atoms with E-state index in [9.17, 15) is 40.2 Å². The highest BCUT2D eigenvalue weighted by molar-refractivity contribution is 4.97. The van der Waals surface area contributed by atoms with Gasteiger partial charge in [0.15, 0.2) is 0 Å². The highest BCUT2D eigenvalue weighted by Crippen LogP contribution is 2.48. The number of aliphatic hydroxyl groups excluding tert-OH is 1. The van der Waals surface area contributed by atoms with E-state index in [0.717, 1.165) is 0 Å². The average Bonchev–Trinajstić information content (AvgIpc) is 3.22. The van der Waals surface area contributed by atoms with Crippen LogP contribution in [0.1, 0.15) is 0 Å². The molecule has 0 spiro atoms. The van der Waals surface area contributed by atoms with Crippen molar-refractivity contribution in [1.29, 1.82) is 0 Å². The molecule has 0 aromatic heterocycles. The molecule has 0 saturated carbocycles. The maximum Gasteiger partial charge on any atom is 0.380 e. The number of hydrogen-bond donors (Lipinski definition) is 1. The zero-order chi connectivity index (χ0) is 17.9. The van der Waals surface area contributed by atoms with Crippen LogP contribution in [0.4, 0.5) is 35.1 Å². The molecule has 23 heavy (non-hydrogen) atoms. The molecule has 2 unspecified atom stereocenters. The van der Waals surface area contributed by atoms with Gasteiger partial charge in [-0.15, -0.1) is 0 Å². The lowest BCUT2D eigenvalue weighted by Crippen LogP contribution is -2.59. The number of ether oxygens (including phenoxy) is 3. The molecule has 4 nitrogen and oxygen atoms in total. The lowest BCUT2D eigenvalue weighted by atomic mass is 10.1. The second-order valence-electron chi connectivity index (χ2n) is 4.86. The van der Waals surface area contributed by atoms with Gasteiger partial charge in [0.05, 0.1) is 26.4 Å². The molecule has 1 aliphatic heterocycles. The third kappa shape index (κ3) is 5.13. The smallest absolute Gasteiger partial charge is 0.380 e. The number of alkyl halides is 8. The zero-order valence-corrected chi connectivity index (χ0v) is 11.5. The number of aliphatic hydroxyl groups is 1. The maximum absolute atomic E-state index is 13.1. The summed E-state index contributed by atoms with van der Waals surface area (Å²) >= 11 is 0. The molecule has 1 N–H and O–H groups in total. The van der Waals surface area contributed by atoms with E-state index in [1.807, 2.05) is 0 Å². The summed E-state index contributed by atoms with van der Waals surface area (Å²) in [4.78, 5) is 0. The second-order valence-corrected chi connectivity index (χ2v) is 4.86. The Morgan fingerprint density at radius 1 is 1.04 bits per heavy atom. The first kappa shape index (κ1) is 20.3. The summed E-state index contributed by atoms with van der Waals surface area (Å²) in [6.45, 7) is -3.02. The Labute approximate surface area is 125 Å². The van der Waals surface area contributed by atoms with Gasteiger partial charge in [-0.1, -0.05) is 0 Å². The van der Waals surface area contributed by atoms with Crippen LogP contribution in [-0.2, 0) is 14.2 Å². The van der Waals surface area contributed by atoms with Gasteiger partial charge in [-0.2, -0.15) is 26.3 Å². The van der Waals surface area contributed by atoms with Gasteiger partial charge in [0.25, 0.3) is 0 Å². The Morgan fingerprint density at radius 3 is 2.04 bits per heavy atom. The molecule has 1 heterocycles. The van der Waals surface area contributed by atoms with Crippen LogP contribution in [0.15, 0.2) is 0 Å². The van der Waals surface area contributed by atoms with Crippen LogP contribution in [0, 0.1) is 0 Å². The standard InChI is InChI=1S/C11H14F8O4/c12-8(13)10(16,17)11(18,19)9(14,15)5-22-2-6(20)1-21-3-7-4-23-7/h6-8,20H,1-5H2. The van der Waals surface area contributed by atoms with Crippen molar-refractivity contribution in [3.05, 3.63) is 0 Å². The van der Waals surface area contributed by atoms with E-state index in [1.54, 1.807) is 0 Å². The summed E-state index contributed by atoms with van der Waals surface area (Å²) in [6.07, 6.45) is -6.61. The van der Waals surface area contributed by atoms with Gasteiger partial charge in [-0.05, 0) is 0 Å². The molecule has 1 saturated heterocycles. The number of hydrogen-bond acceptors (Lipinski definition) is 4. The van der Waals surface area contributed by atoms with E-state index < -0.39 is 50.1 Å². The Morgan fingerprint density at radius 2 is 1.57 bits per heavy atom. The van der Waals surface area contributed by atoms with Crippen molar-refractivity contribution in [1.82, 2.24) is 0 Å². The van der Waals surface area contributed by atoms with Crippen molar-refractivity contribution >= 4 is 0 Å². The summed E-state index contributed by atoms with van der Waals surface area (Å²) in [7, 11) is 0. The molecular formula is C11H14F8O4. The molecule has 0 aromatic rings. The molecule has 0 bridgehead atoms. The van der Waals surface area contributed by atoms with Gasteiger partial charge in [-0.3, -0.25) is 0 Å². The predicted octanol–water partition coefficient (Wildman–Crippen LogP) is 1.95. The van der Waals surface area contributed by atoms with E-state index in [-0.39, 0.29) is 12.7 Å². The Hall–Kier alpha value is -0.720. The molecule has 1 fully saturated rings. The summed E-state index contributed by atoms with van der Waals surface area (Å²) < 4.78 is 114. The van der Waals surface area contributed by atoms with Crippen LogP contribution in [-0.4, -0.2) is 74.5 Å².